The van der Waals surface area contributed by atoms with Gasteiger partial charge in [-0.25, -0.2) is 4.98 Å². The maximum atomic E-state index is 12.3. The SMILES string of the molecule is CCCc1nc2c(c(=O)[nH]1)CN(Cc1ccc(OC)cc1O)CC2. The summed E-state index contributed by atoms with van der Waals surface area (Å²) in [6.45, 7) is 4.03. The van der Waals surface area contributed by atoms with Crippen LogP contribution in [0.1, 0.15) is 36.0 Å². The number of fused-ring (bicyclic) bond motifs is 1. The van der Waals surface area contributed by atoms with Gasteiger partial charge in [0.2, 0.25) is 0 Å². The van der Waals surface area contributed by atoms with Gasteiger partial charge in [0.15, 0.2) is 0 Å². The molecule has 6 nitrogen and oxygen atoms in total. The topological polar surface area (TPSA) is 78.5 Å². The number of hydrogen-bond acceptors (Lipinski definition) is 5. The number of methoxy groups -OCH3 is 1. The highest BCUT2D eigenvalue weighted by Gasteiger charge is 2.21. The molecule has 0 unspecified atom stereocenters. The molecule has 1 aliphatic rings. The molecule has 3 rings (SSSR count). The fourth-order valence-electron chi connectivity index (χ4n) is 3.07. The lowest BCUT2D eigenvalue weighted by atomic mass is 10.1. The second kappa shape index (κ2) is 7.05. The molecular weight excluding hydrogens is 306 g/mol. The highest BCUT2D eigenvalue weighted by atomic mass is 16.5. The van der Waals surface area contributed by atoms with Gasteiger partial charge in [-0.05, 0) is 12.5 Å². The second-order valence-corrected chi connectivity index (χ2v) is 6.14. The van der Waals surface area contributed by atoms with Crippen LogP contribution < -0.4 is 10.3 Å². The fourth-order valence-corrected chi connectivity index (χ4v) is 3.07. The van der Waals surface area contributed by atoms with Crippen molar-refractivity contribution in [2.75, 3.05) is 13.7 Å². The lowest BCUT2D eigenvalue weighted by Crippen LogP contribution is -2.35. The van der Waals surface area contributed by atoms with Gasteiger partial charge in [-0.1, -0.05) is 13.0 Å². The number of aryl methyl sites for hydroxylation is 1. The van der Waals surface area contributed by atoms with E-state index in [9.17, 15) is 9.90 Å². The molecule has 0 aliphatic carbocycles. The number of aromatic nitrogens is 2. The third-order valence-electron chi connectivity index (χ3n) is 4.37. The summed E-state index contributed by atoms with van der Waals surface area (Å²) >= 11 is 0. The molecule has 0 fully saturated rings. The van der Waals surface area contributed by atoms with E-state index in [1.54, 1.807) is 13.2 Å². The van der Waals surface area contributed by atoms with Gasteiger partial charge in [-0.15, -0.1) is 0 Å². The van der Waals surface area contributed by atoms with E-state index < -0.39 is 0 Å². The van der Waals surface area contributed by atoms with Crippen molar-refractivity contribution >= 4 is 0 Å². The van der Waals surface area contributed by atoms with Gasteiger partial charge in [0.25, 0.3) is 5.56 Å². The number of nitrogens with zero attached hydrogens (tertiary/aromatic N) is 2. The van der Waals surface area contributed by atoms with E-state index in [-0.39, 0.29) is 11.3 Å². The molecule has 0 bridgehead atoms. The Morgan fingerprint density at radius 3 is 2.96 bits per heavy atom. The predicted octanol–water partition coefficient (Wildman–Crippen LogP) is 1.99. The standard InChI is InChI=1S/C18H23N3O3/c1-3-4-17-19-15-7-8-21(11-14(15)18(23)20-17)10-12-5-6-13(24-2)9-16(12)22/h5-6,9,22H,3-4,7-8,10-11H2,1-2H3,(H,19,20,23). The number of rotatable bonds is 5. The minimum atomic E-state index is -0.0351. The van der Waals surface area contributed by atoms with Crippen LogP contribution in [0.2, 0.25) is 0 Å². The molecule has 0 spiro atoms. The van der Waals surface area contributed by atoms with Gasteiger partial charge >= 0.3 is 0 Å². The summed E-state index contributed by atoms with van der Waals surface area (Å²) in [7, 11) is 1.57. The summed E-state index contributed by atoms with van der Waals surface area (Å²) < 4.78 is 5.11. The Balaban J connectivity index is 1.77. The molecule has 128 valence electrons. The monoisotopic (exact) mass is 329 g/mol. The molecular formula is C18H23N3O3. The Morgan fingerprint density at radius 2 is 2.25 bits per heavy atom. The van der Waals surface area contributed by atoms with Gasteiger partial charge in [0.1, 0.15) is 17.3 Å². The zero-order valence-corrected chi connectivity index (χ0v) is 14.1. The van der Waals surface area contributed by atoms with Crippen molar-refractivity contribution in [2.24, 2.45) is 0 Å². The van der Waals surface area contributed by atoms with Crippen LogP contribution in [0.25, 0.3) is 0 Å². The normalized spacial score (nSPS) is 14.4. The van der Waals surface area contributed by atoms with Gasteiger partial charge in [-0.3, -0.25) is 9.69 Å². The molecule has 0 saturated heterocycles. The molecule has 2 N–H and O–H groups in total. The van der Waals surface area contributed by atoms with Crippen LogP contribution >= 0.6 is 0 Å². The average Bonchev–Trinajstić information content (AvgIpc) is 2.57. The number of aromatic hydroxyl groups is 1. The van der Waals surface area contributed by atoms with E-state index in [0.29, 0.717) is 18.8 Å². The van der Waals surface area contributed by atoms with Crippen molar-refractivity contribution in [3.05, 3.63) is 51.2 Å². The van der Waals surface area contributed by atoms with Crippen molar-refractivity contribution in [1.82, 2.24) is 14.9 Å². The van der Waals surface area contributed by atoms with E-state index in [4.69, 9.17) is 4.74 Å². The van der Waals surface area contributed by atoms with Crippen LogP contribution in [-0.2, 0) is 25.9 Å². The second-order valence-electron chi connectivity index (χ2n) is 6.14. The zero-order chi connectivity index (χ0) is 17.1. The Bertz CT molecular complexity index is 786. The zero-order valence-electron chi connectivity index (χ0n) is 14.1. The minimum absolute atomic E-state index is 0.0351. The van der Waals surface area contributed by atoms with Crippen molar-refractivity contribution in [3.8, 4) is 11.5 Å². The van der Waals surface area contributed by atoms with E-state index >= 15 is 0 Å². The van der Waals surface area contributed by atoms with Crippen LogP contribution in [-0.4, -0.2) is 33.6 Å². The average molecular weight is 329 g/mol. The van der Waals surface area contributed by atoms with E-state index in [0.717, 1.165) is 48.5 Å². The van der Waals surface area contributed by atoms with Gasteiger partial charge < -0.3 is 14.8 Å². The summed E-state index contributed by atoms with van der Waals surface area (Å²) in [6, 6.07) is 5.30. The largest absolute Gasteiger partial charge is 0.507 e. The van der Waals surface area contributed by atoms with Crippen LogP contribution in [0.15, 0.2) is 23.0 Å². The number of benzene rings is 1. The van der Waals surface area contributed by atoms with Crippen LogP contribution in [0.3, 0.4) is 0 Å². The maximum Gasteiger partial charge on any atom is 0.255 e. The smallest absolute Gasteiger partial charge is 0.255 e. The third-order valence-corrected chi connectivity index (χ3v) is 4.37. The lowest BCUT2D eigenvalue weighted by molar-refractivity contribution is 0.238. The number of aromatic amines is 1. The summed E-state index contributed by atoms with van der Waals surface area (Å²) in [5.41, 5.74) is 2.45. The molecule has 1 aliphatic heterocycles. The first-order valence-electron chi connectivity index (χ1n) is 8.30. The molecule has 6 heteroatoms. The van der Waals surface area contributed by atoms with E-state index in [1.807, 2.05) is 12.1 Å². The van der Waals surface area contributed by atoms with Crippen LogP contribution in [0.5, 0.6) is 11.5 Å². The Labute approximate surface area is 141 Å². The van der Waals surface area contributed by atoms with Crippen molar-refractivity contribution in [3.63, 3.8) is 0 Å². The lowest BCUT2D eigenvalue weighted by Gasteiger charge is -2.28. The van der Waals surface area contributed by atoms with Gasteiger partial charge in [0.05, 0.1) is 18.4 Å². The Kier molecular flexibility index (Phi) is 4.85. The first-order chi connectivity index (χ1) is 11.6. The van der Waals surface area contributed by atoms with Gasteiger partial charge in [0, 0.05) is 44.1 Å². The molecule has 0 amide bonds. The fraction of sp³-hybridized carbons (Fsp3) is 0.444. The summed E-state index contributed by atoms with van der Waals surface area (Å²) in [5.74, 6) is 1.62. The molecule has 24 heavy (non-hydrogen) atoms. The molecule has 0 atom stereocenters. The van der Waals surface area contributed by atoms with Crippen molar-refractivity contribution in [2.45, 2.75) is 39.3 Å². The summed E-state index contributed by atoms with van der Waals surface area (Å²) in [4.78, 5) is 22.0. The van der Waals surface area contributed by atoms with Crippen molar-refractivity contribution in [1.29, 1.82) is 0 Å². The Morgan fingerprint density at radius 1 is 1.42 bits per heavy atom. The molecule has 1 aromatic heterocycles. The minimum Gasteiger partial charge on any atom is -0.507 e. The third kappa shape index (κ3) is 3.43. The number of phenols is 1. The first kappa shape index (κ1) is 16.5. The molecule has 1 aromatic carbocycles. The molecule has 0 saturated carbocycles. The van der Waals surface area contributed by atoms with E-state index in [2.05, 4.69) is 21.8 Å². The van der Waals surface area contributed by atoms with Gasteiger partial charge in [-0.2, -0.15) is 0 Å². The number of phenolic OH excluding ortho intramolecular Hbond substituents is 1. The van der Waals surface area contributed by atoms with Crippen molar-refractivity contribution < 1.29 is 9.84 Å². The number of hydrogen-bond donors (Lipinski definition) is 2. The predicted molar refractivity (Wildman–Crippen MR) is 91.3 cm³/mol. The molecule has 2 aromatic rings. The summed E-state index contributed by atoms with van der Waals surface area (Å²) in [5, 5.41) is 10.1. The van der Waals surface area contributed by atoms with E-state index in [1.165, 1.54) is 0 Å². The highest BCUT2D eigenvalue weighted by molar-refractivity contribution is 5.39. The number of H-pyrrole nitrogens is 1. The molecule has 2 heterocycles. The first-order valence-corrected chi connectivity index (χ1v) is 8.30. The number of nitrogens with one attached hydrogen (secondary N) is 1. The Hall–Kier alpha value is -2.34. The van der Waals surface area contributed by atoms with Crippen LogP contribution in [0.4, 0.5) is 0 Å². The quantitative estimate of drug-likeness (QED) is 0.877. The summed E-state index contributed by atoms with van der Waals surface area (Å²) in [6.07, 6.45) is 2.52. The highest BCUT2D eigenvalue weighted by Crippen LogP contribution is 2.26. The van der Waals surface area contributed by atoms with Crippen LogP contribution in [0, 0.1) is 0 Å². The maximum absolute atomic E-state index is 12.3. The number of ether oxygens (including phenoxy) is 1. The molecule has 0 radical (unpaired) electrons.